The van der Waals surface area contributed by atoms with E-state index in [4.69, 9.17) is 10.5 Å². The molecule has 0 unspecified atom stereocenters. The van der Waals surface area contributed by atoms with Gasteiger partial charge in [-0.2, -0.15) is 5.10 Å². The van der Waals surface area contributed by atoms with Gasteiger partial charge in [0, 0.05) is 31.5 Å². The van der Waals surface area contributed by atoms with Crippen molar-refractivity contribution < 1.29 is 4.74 Å². The minimum atomic E-state index is 0.514. The van der Waals surface area contributed by atoms with Crippen LogP contribution in [0, 0.1) is 0 Å². The summed E-state index contributed by atoms with van der Waals surface area (Å²) in [6.45, 7) is 2.40. The summed E-state index contributed by atoms with van der Waals surface area (Å²) in [5.74, 6) is 0. The SMILES string of the molecule is NCCc1ccnn1C1CCOCC1. The molecule has 0 saturated carbocycles. The third kappa shape index (κ3) is 1.96. The van der Waals surface area contributed by atoms with Crippen molar-refractivity contribution in [1.29, 1.82) is 0 Å². The van der Waals surface area contributed by atoms with Gasteiger partial charge in [0.15, 0.2) is 0 Å². The number of ether oxygens (including phenoxy) is 1. The van der Waals surface area contributed by atoms with Gasteiger partial charge in [0.1, 0.15) is 0 Å². The highest BCUT2D eigenvalue weighted by Gasteiger charge is 2.17. The van der Waals surface area contributed by atoms with Gasteiger partial charge in [-0.25, -0.2) is 0 Å². The summed E-state index contributed by atoms with van der Waals surface area (Å²) in [5, 5.41) is 4.36. The van der Waals surface area contributed by atoms with Crippen LogP contribution in [-0.2, 0) is 11.2 Å². The predicted octanol–water partition coefficient (Wildman–Crippen LogP) is 0.736. The third-order valence-corrected chi connectivity index (χ3v) is 2.69. The topological polar surface area (TPSA) is 53.1 Å². The van der Waals surface area contributed by atoms with E-state index in [0.717, 1.165) is 32.5 Å². The lowest BCUT2D eigenvalue weighted by Gasteiger charge is -2.24. The average molecular weight is 195 g/mol. The Labute approximate surface area is 84.0 Å². The Kier molecular flexibility index (Phi) is 3.16. The van der Waals surface area contributed by atoms with E-state index in [9.17, 15) is 0 Å². The number of nitrogens with zero attached hydrogens (tertiary/aromatic N) is 2. The standard InChI is InChI=1S/C10H17N3O/c11-5-1-9-2-6-12-13(9)10-3-7-14-8-4-10/h2,6,10H,1,3-5,7-8,11H2. The molecular formula is C10H17N3O. The Bertz CT molecular complexity index is 279. The van der Waals surface area contributed by atoms with Crippen molar-refractivity contribution in [2.24, 2.45) is 5.73 Å². The molecule has 0 atom stereocenters. The molecule has 1 aromatic heterocycles. The van der Waals surface area contributed by atoms with Gasteiger partial charge in [-0.05, 0) is 25.5 Å². The summed E-state index contributed by atoms with van der Waals surface area (Å²) in [6.07, 6.45) is 4.91. The Morgan fingerprint density at radius 3 is 3.00 bits per heavy atom. The fourth-order valence-electron chi connectivity index (χ4n) is 1.95. The first kappa shape index (κ1) is 9.68. The maximum Gasteiger partial charge on any atom is 0.0566 e. The van der Waals surface area contributed by atoms with Crippen molar-refractivity contribution >= 4 is 0 Å². The van der Waals surface area contributed by atoms with Crippen LogP contribution in [0.15, 0.2) is 12.3 Å². The second kappa shape index (κ2) is 4.57. The van der Waals surface area contributed by atoms with Crippen LogP contribution in [0.2, 0.25) is 0 Å². The van der Waals surface area contributed by atoms with E-state index in [1.54, 1.807) is 0 Å². The second-order valence-electron chi connectivity index (χ2n) is 3.65. The molecular weight excluding hydrogens is 178 g/mol. The lowest BCUT2D eigenvalue weighted by Crippen LogP contribution is -2.22. The van der Waals surface area contributed by atoms with E-state index in [1.165, 1.54) is 5.69 Å². The maximum absolute atomic E-state index is 5.55. The molecule has 1 saturated heterocycles. The van der Waals surface area contributed by atoms with E-state index < -0.39 is 0 Å². The molecule has 2 N–H and O–H groups in total. The van der Waals surface area contributed by atoms with Crippen molar-refractivity contribution in [2.75, 3.05) is 19.8 Å². The molecule has 0 spiro atoms. The molecule has 0 radical (unpaired) electrons. The minimum Gasteiger partial charge on any atom is -0.381 e. The van der Waals surface area contributed by atoms with Gasteiger partial charge >= 0.3 is 0 Å². The maximum atomic E-state index is 5.55. The highest BCUT2D eigenvalue weighted by atomic mass is 16.5. The molecule has 78 valence electrons. The van der Waals surface area contributed by atoms with Crippen LogP contribution in [0.4, 0.5) is 0 Å². The van der Waals surface area contributed by atoms with E-state index in [0.29, 0.717) is 12.6 Å². The smallest absolute Gasteiger partial charge is 0.0566 e. The van der Waals surface area contributed by atoms with Gasteiger partial charge in [0.25, 0.3) is 0 Å². The van der Waals surface area contributed by atoms with Gasteiger partial charge in [0.2, 0.25) is 0 Å². The van der Waals surface area contributed by atoms with Crippen LogP contribution in [0.5, 0.6) is 0 Å². The lowest BCUT2D eigenvalue weighted by atomic mass is 10.1. The monoisotopic (exact) mass is 195 g/mol. The third-order valence-electron chi connectivity index (χ3n) is 2.69. The molecule has 0 bridgehead atoms. The zero-order chi connectivity index (χ0) is 9.80. The van der Waals surface area contributed by atoms with Gasteiger partial charge in [0.05, 0.1) is 6.04 Å². The largest absolute Gasteiger partial charge is 0.381 e. The molecule has 2 rings (SSSR count). The summed E-state index contributed by atoms with van der Waals surface area (Å²) >= 11 is 0. The van der Waals surface area contributed by atoms with Gasteiger partial charge < -0.3 is 10.5 Å². The molecule has 0 aliphatic carbocycles. The van der Waals surface area contributed by atoms with Crippen molar-refractivity contribution in [1.82, 2.24) is 9.78 Å². The number of rotatable bonds is 3. The predicted molar refractivity (Wildman–Crippen MR) is 54.1 cm³/mol. The molecule has 1 fully saturated rings. The first-order valence-electron chi connectivity index (χ1n) is 5.22. The van der Waals surface area contributed by atoms with E-state index >= 15 is 0 Å². The van der Waals surface area contributed by atoms with Crippen molar-refractivity contribution in [3.8, 4) is 0 Å². The molecule has 0 amide bonds. The number of hydrogen-bond acceptors (Lipinski definition) is 3. The second-order valence-corrected chi connectivity index (χ2v) is 3.65. The van der Waals surface area contributed by atoms with Crippen molar-refractivity contribution in [2.45, 2.75) is 25.3 Å². The normalized spacial score (nSPS) is 18.6. The van der Waals surface area contributed by atoms with Gasteiger partial charge in [-0.3, -0.25) is 4.68 Å². The molecule has 2 heterocycles. The van der Waals surface area contributed by atoms with E-state index in [2.05, 4.69) is 15.8 Å². The Morgan fingerprint density at radius 1 is 1.50 bits per heavy atom. The van der Waals surface area contributed by atoms with Gasteiger partial charge in [-0.1, -0.05) is 0 Å². The molecule has 14 heavy (non-hydrogen) atoms. The van der Waals surface area contributed by atoms with Crippen molar-refractivity contribution in [3.63, 3.8) is 0 Å². The highest BCUT2D eigenvalue weighted by Crippen LogP contribution is 2.21. The minimum absolute atomic E-state index is 0.514. The fraction of sp³-hybridized carbons (Fsp3) is 0.700. The first-order valence-corrected chi connectivity index (χ1v) is 5.22. The first-order chi connectivity index (χ1) is 6.92. The molecule has 4 heteroatoms. The quantitative estimate of drug-likeness (QED) is 0.773. The molecule has 0 aromatic carbocycles. The summed E-state index contributed by atoms with van der Waals surface area (Å²) in [5.41, 5.74) is 6.80. The molecule has 1 aliphatic rings. The zero-order valence-electron chi connectivity index (χ0n) is 8.35. The highest BCUT2D eigenvalue weighted by molar-refractivity contribution is 5.02. The number of aromatic nitrogens is 2. The summed E-state index contributed by atoms with van der Waals surface area (Å²) < 4.78 is 7.45. The van der Waals surface area contributed by atoms with Crippen LogP contribution in [0.1, 0.15) is 24.6 Å². The zero-order valence-corrected chi connectivity index (χ0v) is 8.35. The molecule has 1 aliphatic heterocycles. The molecule has 1 aromatic rings. The average Bonchev–Trinajstić information content (AvgIpc) is 2.68. The Morgan fingerprint density at radius 2 is 2.29 bits per heavy atom. The molecule has 4 nitrogen and oxygen atoms in total. The van der Waals surface area contributed by atoms with Crippen molar-refractivity contribution in [3.05, 3.63) is 18.0 Å². The number of hydrogen-bond donors (Lipinski definition) is 1. The Hall–Kier alpha value is -0.870. The summed E-state index contributed by atoms with van der Waals surface area (Å²) in [4.78, 5) is 0. The van der Waals surface area contributed by atoms with Gasteiger partial charge in [-0.15, -0.1) is 0 Å². The van der Waals surface area contributed by atoms with Crippen LogP contribution in [0.25, 0.3) is 0 Å². The van der Waals surface area contributed by atoms with E-state index in [-0.39, 0.29) is 0 Å². The van der Waals surface area contributed by atoms with Crippen LogP contribution < -0.4 is 5.73 Å². The Balaban J connectivity index is 2.09. The summed E-state index contributed by atoms with van der Waals surface area (Å²) in [7, 11) is 0. The fourth-order valence-corrected chi connectivity index (χ4v) is 1.95. The summed E-state index contributed by atoms with van der Waals surface area (Å²) in [6, 6.07) is 2.57. The van der Waals surface area contributed by atoms with Crippen LogP contribution in [-0.4, -0.2) is 29.5 Å². The van der Waals surface area contributed by atoms with E-state index in [1.807, 2.05) is 6.20 Å². The number of nitrogens with two attached hydrogens (primary N) is 1. The van der Waals surface area contributed by atoms with Crippen LogP contribution in [0.3, 0.4) is 0 Å². The van der Waals surface area contributed by atoms with Crippen LogP contribution >= 0.6 is 0 Å². The lowest BCUT2D eigenvalue weighted by molar-refractivity contribution is 0.0654.